The number of phenolic OH excluding ortho intramolecular Hbond substituents is 1. The quantitative estimate of drug-likeness (QED) is 0.168. The molecular formula is C32H45F5O2S. The first kappa shape index (κ1) is 31.7. The summed E-state index contributed by atoms with van der Waals surface area (Å²) in [6, 6.07) is 5.82. The molecule has 4 rings (SSSR count). The maximum absolute atomic E-state index is 12.9. The van der Waals surface area contributed by atoms with Crippen molar-refractivity contribution in [3.05, 3.63) is 34.9 Å². The monoisotopic (exact) mass is 588 g/mol. The average Bonchev–Trinajstić information content (AvgIpc) is 3.19. The van der Waals surface area contributed by atoms with Crippen LogP contribution >= 0.6 is 11.8 Å². The Hall–Kier alpha value is -1.28. The van der Waals surface area contributed by atoms with Crippen LogP contribution in [0.1, 0.15) is 114 Å². The van der Waals surface area contributed by atoms with Gasteiger partial charge in [-0.15, -0.1) is 0 Å². The van der Waals surface area contributed by atoms with Gasteiger partial charge in [0.2, 0.25) is 0 Å². The van der Waals surface area contributed by atoms with E-state index in [-0.39, 0.29) is 17.9 Å². The molecule has 0 saturated heterocycles. The Balaban J connectivity index is 1.15. The lowest BCUT2D eigenvalue weighted by molar-refractivity contribution is -0.284. The number of benzene rings is 1. The van der Waals surface area contributed by atoms with Crippen molar-refractivity contribution in [1.82, 2.24) is 0 Å². The van der Waals surface area contributed by atoms with Crippen molar-refractivity contribution in [2.45, 2.75) is 121 Å². The van der Waals surface area contributed by atoms with Crippen LogP contribution in [0.15, 0.2) is 23.8 Å². The van der Waals surface area contributed by atoms with E-state index in [1.54, 1.807) is 0 Å². The van der Waals surface area contributed by atoms with Gasteiger partial charge in [0.1, 0.15) is 5.75 Å². The fourth-order valence-corrected chi connectivity index (χ4v) is 8.56. The van der Waals surface area contributed by atoms with Gasteiger partial charge in [0, 0.05) is 6.42 Å². The van der Waals surface area contributed by atoms with E-state index in [2.05, 4.69) is 19.1 Å². The molecule has 8 heteroatoms. The summed E-state index contributed by atoms with van der Waals surface area (Å²) in [5.41, 5.74) is 4.01. The third-order valence-electron chi connectivity index (χ3n) is 9.91. The van der Waals surface area contributed by atoms with Gasteiger partial charge in [-0.25, -0.2) is 0 Å². The minimum Gasteiger partial charge on any atom is -0.508 e. The third-order valence-corrected chi connectivity index (χ3v) is 11.1. The first-order chi connectivity index (χ1) is 18.9. The molecule has 226 valence electrons. The van der Waals surface area contributed by atoms with Crippen molar-refractivity contribution in [2.24, 2.45) is 17.3 Å². The van der Waals surface area contributed by atoms with E-state index in [9.17, 15) is 32.2 Å². The van der Waals surface area contributed by atoms with Crippen molar-refractivity contribution in [3.63, 3.8) is 0 Å². The molecule has 3 aliphatic rings. The van der Waals surface area contributed by atoms with Gasteiger partial charge in [0.15, 0.2) is 0 Å². The number of phenols is 1. The molecule has 0 bridgehead atoms. The molecule has 1 aromatic carbocycles. The topological polar surface area (TPSA) is 40.5 Å². The summed E-state index contributed by atoms with van der Waals surface area (Å²) >= 11 is 1.47. The molecule has 0 aliphatic heterocycles. The van der Waals surface area contributed by atoms with Crippen LogP contribution in [0.25, 0.3) is 6.08 Å². The fourth-order valence-electron chi connectivity index (χ4n) is 7.59. The normalized spacial score (nSPS) is 28.1. The lowest BCUT2D eigenvalue weighted by Gasteiger charge is -2.50. The maximum atomic E-state index is 12.9. The van der Waals surface area contributed by atoms with Crippen LogP contribution in [0.5, 0.6) is 5.75 Å². The molecule has 3 aliphatic carbocycles. The SMILES string of the molecule is C[C@]12CC[C@@H]3c4ccc(O)cc4C=C(CCCCCCCCCSCCCC(F)(F)C(F)(F)F)[C@H]3[C@@H]1CC[C@@H]2O. The molecule has 0 aromatic heterocycles. The van der Waals surface area contributed by atoms with E-state index in [0.717, 1.165) is 88.4 Å². The van der Waals surface area contributed by atoms with Crippen molar-refractivity contribution < 1.29 is 32.2 Å². The molecule has 2 saturated carbocycles. The second-order valence-corrected chi connectivity index (χ2v) is 13.8. The number of allylic oxidation sites excluding steroid dienone is 1. The maximum Gasteiger partial charge on any atom is 0.453 e. The average molecular weight is 589 g/mol. The zero-order chi connectivity index (χ0) is 29.0. The van der Waals surface area contributed by atoms with Gasteiger partial charge in [0.05, 0.1) is 6.10 Å². The van der Waals surface area contributed by atoms with E-state index >= 15 is 0 Å². The molecule has 0 amide bonds. The summed E-state index contributed by atoms with van der Waals surface area (Å²) in [4.78, 5) is 0. The Bertz CT molecular complexity index is 1010. The predicted molar refractivity (Wildman–Crippen MR) is 153 cm³/mol. The van der Waals surface area contributed by atoms with Gasteiger partial charge in [-0.05, 0) is 109 Å². The van der Waals surface area contributed by atoms with Gasteiger partial charge in [-0.2, -0.15) is 33.7 Å². The Labute approximate surface area is 240 Å². The van der Waals surface area contributed by atoms with Crippen LogP contribution in [0.3, 0.4) is 0 Å². The van der Waals surface area contributed by atoms with Crippen LogP contribution in [-0.4, -0.2) is 39.9 Å². The number of hydrogen-bond donors (Lipinski definition) is 2. The van der Waals surface area contributed by atoms with Crippen molar-refractivity contribution in [1.29, 1.82) is 0 Å². The van der Waals surface area contributed by atoms with E-state index in [1.807, 2.05) is 12.1 Å². The largest absolute Gasteiger partial charge is 0.508 e. The highest BCUT2D eigenvalue weighted by Crippen LogP contribution is 2.62. The van der Waals surface area contributed by atoms with Crippen molar-refractivity contribution >= 4 is 17.8 Å². The van der Waals surface area contributed by atoms with Gasteiger partial charge in [-0.1, -0.05) is 56.7 Å². The highest BCUT2D eigenvalue weighted by Gasteiger charge is 2.57. The lowest BCUT2D eigenvalue weighted by Crippen LogP contribution is -2.44. The smallest absolute Gasteiger partial charge is 0.453 e. The molecule has 2 nitrogen and oxygen atoms in total. The zero-order valence-corrected chi connectivity index (χ0v) is 24.4. The Morgan fingerprint density at radius 3 is 2.30 bits per heavy atom. The Kier molecular flexibility index (Phi) is 10.6. The zero-order valence-electron chi connectivity index (χ0n) is 23.6. The number of aromatic hydroxyl groups is 1. The molecule has 0 radical (unpaired) electrons. The number of rotatable bonds is 14. The van der Waals surface area contributed by atoms with Crippen molar-refractivity contribution in [3.8, 4) is 5.75 Å². The number of aliphatic hydroxyl groups excluding tert-OH is 1. The Morgan fingerprint density at radius 2 is 1.57 bits per heavy atom. The lowest BCUT2D eigenvalue weighted by atomic mass is 9.54. The summed E-state index contributed by atoms with van der Waals surface area (Å²) < 4.78 is 62.4. The number of alkyl halides is 5. The highest BCUT2D eigenvalue weighted by atomic mass is 32.2. The second-order valence-electron chi connectivity index (χ2n) is 12.6. The van der Waals surface area contributed by atoms with Crippen LogP contribution < -0.4 is 0 Å². The molecule has 1 aromatic rings. The van der Waals surface area contributed by atoms with E-state index < -0.39 is 18.5 Å². The molecule has 0 heterocycles. The molecule has 2 N–H and O–H groups in total. The van der Waals surface area contributed by atoms with Crippen LogP contribution in [-0.2, 0) is 0 Å². The van der Waals surface area contributed by atoms with Gasteiger partial charge >= 0.3 is 12.1 Å². The minimum atomic E-state index is -5.44. The first-order valence-electron chi connectivity index (χ1n) is 15.2. The van der Waals surface area contributed by atoms with Crippen molar-refractivity contribution in [2.75, 3.05) is 11.5 Å². The highest BCUT2D eigenvalue weighted by molar-refractivity contribution is 7.99. The molecule has 0 unspecified atom stereocenters. The molecule has 5 atom stereocenters. The number of aliphatic hydroxyl groups is 1. The number of hydrogen-bond acceptors (Lipinski definition) is 3. The van der Waals surface area contributed by atoms with Gasteiger partial charge in [-0.3, -0.25) is 0 Å². The fraction of sp³-hybridized carbons (Fsp3) is 0.750. The van der Waals surface area contributed by atoms with E-state index in [4.69, 9.17) is 0 Å². The minimum absolute atomic E-state index is 0.00110. The first-order valence-corrected chi connectivity index (χ1v) is 16.3. The molecular weight excluding hydrogens is 543 g/mol. The summed E-state index contributed by atoms with van der Waals surface area (Å²) in [5.74, 6) is -1.67. The van der Waals surface area contributed by atoms with E-state index in [0.29, 0.717) is 29.3 Å². The van der Waals surface area contributed by atoms with Gasteiger partial charge < -0.3 is 10.2 Å². The van der Waals surface area contributed by atoms with E-state index in [1.165, 1.54) is 22.9 Å². The number of thioether (sulfide) groups is 1. The Morgan fingerprint density at radius 1 is 0.900 bits per heavy atom. The summed E-state index contributed by atoms with van der Waals surface area (Å²) in [6.07, 6.45) is 8.36. The number of unbranched alkanes of at least 4 members (excludes halogenated alkanes) is 6. The summed E-state index contributed by atoms with van der Waals surface area (Å²) in [6.45, 7) is 2.29. The van der Waals surface area contributed by atoms with Crippen LogP contribution in [0.2, 0.25) is 0 Å². The summed E-state index contributed by atoms with van der Waals surface area (Å²) in [7, 11) is 0. The van der Waals surface area contributed by atoms with Crippen LogP contribution in [0.4, 0.5) is 22.0 Å². The molecule has 2 fully saturated rings. The molecule has 0 spiro atoms. The second kappa shape index (κ2) is 13.4. The molecule has 40 heavy (non-hydrogen) atoms. The van der Waals surface area contributed by atoms with Crippen LogP contribution in [0, 0.1) is 17.3 Å². The predicted octanol–water partition coefficient (Wildman–Crippen LogP) is 9.89. The third kappa shape index (κ3) is 7.19. The number of halogens is 5. The number of fused-ring (bicyclic) bond motifs is 5. The standard InChI is InChI=1S/C32H45F5O2S/c1-30-17-15-26-25-12-11-24(38)21-23(25)20-22(29(26)27(30)13-14-28(30)39)10-7-5-3-2-4-6-8-18-40-19-9-16-31(33,34)32(35,36)37/h11-12,20-21,26-29,38-39H,2-10,13-19H2,1H3/t26-,27+,28+,29-,30+/m1/s1. The summed E-state index contributed by atoms with van der Waals surface area (Å²) in [5, 5.41) is 20.9. The van der Waals surface area contributed by atoms with Gasteiger partial charge in [0.25, 0.3) is 0 Å².